The van der Waals surface area contributed by atoms with Crippen LogP contribution in [0.25, 0.3) is 5.69 Å². The van der Waals surface area contributed by atoms with E-state index in [9.17, 15) is 18.0 Å². The summed E-state index contributed by atoms with van der Waals surface area (Å²) in [6.07, 6.45) is -1.99. The molecule has 3 heterocycles. The molecule has 0 bridgehead atoms. The van der Waals surface area contributed by atoms with E-state index in [1.807, 2.05) is 0 Å². The van der Waals surface area contributed by atoms with Crippen molar-refractivity contribution in [1.29, 1.82) is 0 Å². The number of fused-ring (bicyclic) bond motifs is 1. The number of carbonyl (C=O) groups is 1. The molecule has 8 heteroatoms. The molecule has 0 radical (unpaired) electrons. The fraction of sp³-hybridized carbons (Fsp3) is 0.500. The number of hydrogen-bond donors (Lipinski definition) is 1. The Morgan fingerprint density at radius 1 is 1.14 bits per heavy atom. The normalized spacial score (nSPS) is 22.8. The highest BCUT2D eigenvalue weighted by molar-refractivity contribution is 5.95. The maximum absolute atomic E-state index is 13.9. The zero-order chi connectivity index (χ0) is 19.9. The fourth-order valence-electron chi connectivity index (χ4n) is 4.35. The van der Waals surface area contributed by atoms with Crippen LogP contribution in [0, 0.1) is 18.8 Å². The van der Waals surface area contributed by atoms with E-state index < -0.39 is 17.8 Å². The van der Waals surface area contributed by atoms with Gasteiger partial charge >= 0.3 is 6.18 Å². The first kappa shape index (κ1) is 19.0. The monoisotopic (exact) mass is 392 g/mol. The van der Waals surface area contributed by atoms with Gasteiger partial charge in [-0.05, 0) is 56.3 Å². The summed E-state index contributed by atoms with van der Waals surface area (Å²) in [5.41, 5.74) is -0.394. The van der Waals surface area contributed by atoms with Crippen LogP contribution < -0.4 is 5.32 Å². The largest absolute Gasteiger partial charge is 0.434 e. The molecule has 1 amide bonds. The van der Waals surface area contributed by atoms with E-state index in [1.165, 1.54) is 0 Å². The summed E-state index contributed by atoms with van der Waals surface area (Å²) in [5, 5.41) is 7.31. The fourth-order valence-corrected chi connectivity index (χ4v) is 4.35. The molecule has 0 spiro atoms. The van der Waals surface area contributed by atoms with Gasteiger partial charge in [-0.15, -0.1) is 0 Å². The summed E-state index contributed by atoms with van der Waals surface area (Å²) >= 11 is 0. The molecule has 0 aliphatic carbocycles. The highest BCUT2D eigenvalue weighted by atomic mass is 19.4. The Bertz CT molecular complexity index is 863. The summed E-state index contributed by atoms with van der Waals surface area (Å²) in [4.78, 5) is 14.6. The van der Waals surface area contributed by atoms with Gasteiger partial charge in [0.1, 0.15) is 0 Å². The number of aromatic nitrogens is 2. The number of amides is 1. The van der Waals surface area contributed by atoms with Crippen LogP contribution in [0.15, 0.2) is 30.5 Å². The van der Waals surface area contributed by atoms with E-state index in [1.54, 1.807) is 36.1 Å². The van der Waals surface area contributed by atoms with Crippen LogP contribution >= 0.6 is 0 Å². The van der Waals surface area contributed by atoms with Crippen LogP contribution in [0.1, 0.15) is 34.5 Å². The average molecular weight is 392 g/mol. The van der Waals surface area contributed by atoms with Gasteiger partial charge in [0.25, 0.3) is 5.91 Å². The van der Waals surface area contributed by atoms with Crippen LogP contribution in [0.2, 0.25) is 0 Å². The number of para-hydroxylation sites is 1. The molecular weight excluding hydrogens is 369 g/mol. The zero-order valence-electron chi connectivity index (χ0n) is 15.7. The summed E-state index contributed by atoms with van der Waals surface area (Å²) in [7, 11) is 0. The first-order valence-corrected chi connectivity index (χ1v) is 9.57. The Labute approximate surface area is 161 Å². The zero-order valence-corrected chi connectivity index (χ0v) is 15.7. The Balaban J connectivity index is 1.68. The highest BCUT2D eigenvalue weighted by Gasteiger charge is 2.42. The first-order chi connectivity index (χ1) is 13.4. The van der Waals surface area contributed by atoms with Crippen molar-refractivity contribution in [2.75, 3.05) is 26.2 Å². The van der Waals surface area contributed by atoms with E-state index in [0.717, 1.165) is 36.8 Å². The lowest BCUT2D eigenvalue weighted by molar-refractivity contribution is -0.143. The molecule has 1 N–H and O–H groups in total. The van der Waals surface area contributed by atoms with Gasteiger partial charge in [-0.3, -0.25) is 4.79 Å². The number of aryl methyl sites for hydroxylation is 1. The van der Waals surface area contributed by atoms with Crippen molar-refractivity contribution in [2.24, 2.45) is 11.8 Å². The molecule has 1 aromatic heterocycles. The molecule has 0 saturated carbocycles. The minimum Gasteiger partial charge on any atom is -0.339 e. The van der Waals surface area contributed by atoms with E-state index in [-0.39, 0.29) is 5.56 Å². The predicted octanol–water partition coefficient (Wildman–Crippen LogP) is 3.27. The number of nitrogens with zero attached hydrogens (tertiary/aromatic N) is 3. The van der Waals surface area contributed by atoms with Crippen LogP contribution in [0.5, 0.6) is 0 Å². The highest BCUT2D eigenvalue weighted by Crippen LogP contribution is 2.35. The minimum atomic E-state index is -4.68. The van der Waals surface area contributed by atoms with Gasteiger partial charge in [-0.2, -0.15) is 18.3 Å². The van der Waals surface area contributed by atoms with Crippen molar-refractivity contribution in [3.63, 3.8) is 0 Å². The third-order valence-corrected chi connectivity index (χ3v) is 5.92. The van der Waals surface area contributed by atoms with Gasteiger partial charge in [0.15, 0.2) is 5.69 Å². The molecule has 2 fully saturated rings. The third-order valence-electron chi connectivity index (χ3n) is 5.92. The Kier molecular flexibility index (Phi) is 4.91. The summed E-state index contributed by atoms with van der Waals surface area (Å²) in [6.45, 7) is 4.53. The molecule has 5 nitrogen and oxygen atoms in total. The number of likely N-dealkylation sites (tertiary alicyclic amines) is 1. The SMILES string of the molecule is Cc1ccccc1-n1ncc(C(=O)N2CC[C@@H]3CNC[C@@H]3CC2)c1C(F)(F)F. The van der Waals surface area contributed by atoms with Gasteiger partial charge in [-0.1, -0.05) is 18.2 Å². The summed E-state index contributed by atoms with van der Waals surface area (Å²) < 4.78 is 42.6. The second-order valence-corrected chi connectivity index (χ2v) is 7.65. The molecule has 0 unspecified atom stereocenters. The molecule has 2 aliphatic rings. The first-order valence-electron chi connectivity index (χ1n) is 9.57. The average Bonchev–Trinajstić information content (AvgIpc) is 3.24. The number of rotatable bonds is 2. The number of hydrogen-bond acceptors (Lipinski definition) is 3. The van der Waals surface area contributed by atoms with Gasteiger partial charge in [0.2, 0.25) is 0 Å². The van der Waals surface area contributed by atoms with Crippen LogP contribution in [0.4, 0.5) is 13.2 Å². The molecule has 2 aliphatic heterocycles. The number of carbonyl (C=O) groups excluding carboxylic acids is 1. The lowest BCUT2D eigenvalue weighted by Gasteiger charge is -2.22. The summed E-state index contributed by atoms with van der Waals surface area (Å²) in [6, 6.07) is 6.71. The molecule has 28 heavy (non-hydrogen) atoms. The van der Waals surface area contributed by atoms with Gasteiger partial charge < -0.3 is 10.2 Å². The molecule has 1 aromatic carbocycles. The predicted molar refractivity (Wildman–Crippen MR) is 98.3 cm³/mol. The van der Waals surface area contributed by atoms with Gasteiger partial charge in [0, 0.05) is 13.1 Å². The van der Waals surface area contributed by atoms with Crippen molar-refractivity contribution >= 4 is 5.91 Å². The second-order valence-electron chi connectivity index (χ2n) is 7.65. The third kappa shape index (κ3) is 3.41. The summed E-state index contributed by atoms with van der Waals surface area (Å²) in [5.74, 6) is 0.407. The van der Waals surface area contributed by atoms with E-state index in [2.05, 4.69) is 10.4 Å². The van der Waals surface area contributed by atoms with Crippen LogP contribution in [0.3, 0.4) is 0 Å². The number of alkyl halides is 3. The van der Waals surface area contributed by atoms with Crippen LogP contribution in [-0.2, 0) is 6.18 Å². The van der Waals surface area contributed by atoms with Crippen molar-refractivity contribution in [3.05, 3.63) is 47.3 Å². The Morgan fingerprint density at radius 3 is 2.39 bits per heavy atom. The van der Waals surface area contributed by atoms with Gasteiger partial charge in [-0.25, -0.2) is 4.68 Å². The van der Waals surface area contributed by atoms with E-state index >= 15 is 0 Å². The maximum Gasteiger partial charge on any atom is 0.434 e. The van der Waals surface area contributed by atoms with Crippen molar-refractivity contribution in [3.8, 4) is 5.69 Å². The topological polar surface area (TPSA) is 50.2 Å². The molecule has 150 valence electrons. The van der Waals surface area contributed by atoms with Crippen molar-refractivity contribution in [2.45, 2.75) is 25.9 Å². The number of halogens is 3. The Hall–Kier alpha value is -2.35. The van der Waals surface area contributed by atoms with Crippen LogP contribution in [-0.4, -0.2) is 46.8 Å². The van der Waals surface area contributed by atoms with Gasteiger partial charge in [0.05, 0.1) is 17.4 Å². The van der Waals surface area contributed by atoms with Crippen molar-refractivity contribution < 1.29 is 18.0 Å². The van der Waals surface area contributed by atoms with Crippen molar-refractivity contribution in [1.82, 2.24) is 20.0 Å². The molecule has 2 saturated heterocycles. The standard InChI is InChI=1S/C20H23F3N4O/c1-13-4-2-3-5-17(13)27-18(20(21,22)23)16(12-25-27)19(28)26-8-6-14-10-24-11-15(14)7-9-26/h2-5,12,14-15,24H,6-11H2,1H3/t14-,15+. The smallest absolute Gasteiger partial charge is 0.339 e. The number of nitrogens with one attached hydrogen (secondary N) is 1. The Morgan fingerprint density at radius 2 is 1.79 bits per heavy atom. The maximum atomic E-state index is 13.9. The molecular formula is C20H23F3N4O. The molecule has 2 atom stereocenters. The minimum absolute atomic E-state index is 0.324. The van der Waals surface area contributed by atoms with E-state index in [4.69, 9.17) is 0 Å². The lowest BCUT2D eigenvalue weighted by atomic mass is 9.92. The molecule has 2 aromatic rings. The molecule has 4 rings (SSSR count). The number of benzene rings is 1. The quantitative estimate of drug-likeness (QED) is 0.854. The second kappa shape index (κ2) is 7.24. The lowest BCUT2D eigenvalue weighted by Crippen LogP contribution is -2.34. The van der Waals surface area contributed by atoms with E-state index in [0.29, 0.717) is 36.2 Å².